The molecule has 0 aromatic carbocycles. The van der Waals surface area contributed by atoms with Crippen LogP contribution in [0.15, 0.2) is 16.5 Å². The van der Waals surface area contributed by atoms with E-state index in [-0.39, 0.29) is 12.6 Å². The number of halogens is 1. The van der Waals surface area contributed by atoms with Crippen molar-refractivity contribution in [3.05, 3.63) is 23.1 Å². The van der Waals surface area contributed by atoms with Crippen molar-refractivity contribution in [2.75, 3.05) is 6.61 Å². The molecule has 3 nitrogen and oxygen atoms in total. The van der Waals surface area contributed by atoms with Crippen molar-refractivity contribution in [2.24, 2.45) is 5.92 Å². The summed E-state index contributed by atoms with van der Waals surface area (Å²) < 4.78 is 5.18. The summed E-state index contributed by atoms with van der Waals surface area (Å²) in [5.74, 6) is 1.18. The molecule has 80 valence electrons. The van der Waals surface area contributed by atoms with Crippen LogP contribution in [0, 0.1) is 5.92 Å². The van der Waals surface area contributed by atoms with Crippen LogP contribution in [0.1, 0.15) is 19.6 Å². The first-order valence-electron chi connectivity index (χ1n) is 4.72. The first kappa shape index (κ1) is 11.6. The highest BCUT2D eigenvalue weighted by Crippen LogP contribution is 2.13. The van der Waals surface area contributed by atoms with E-state index in [9.17, 15) is 0 Å². The molecule has 0 aliphatic heterocycles. The van der Waals surface area contributed by atoms with Crippen molar-refractivity contribution >= 4 is 11.6 Å². The molecule has 14 heavy (non-hydrogen) atoms. The predicted molar refractivity (Wildman–Crippen MR) is 56.3 cm³/mol. The average Bonchev–Trinajstić information content (AvgIpc) is 2.52. The minimum atomic E-state index is 0.0962. The van der Waals surface area contributed by atoms with E-state index in [4.69, 9.17) is 21.1 Å². The molecule has 1 aromatic heterocycles. The maximum absolute atomic E-state index is 9.06. The number of nitrogens with one attached hydrogen (secondary N) is 1. The topological polar surface area (TPSA) is 45.4 Å². The van der Waals surface area contributed by atoms with Gasteiger partial charge in [0.25, 0.3) is 0 Å². The molecule has 1 aromatic rings. The number of rotatable bonds is 5. The standard InChI is InChI=1S/C10H16ClNO2/c1-7(2)9(6-13)12-5-8-3-4-10(11)14-8/h3-4,7,9,12-13H,5-6H2,1-2H3/t9-/m1/s1. The van der Waals surface area contributed by atoms with Gasteiger partial charge in [0.1, 0.15) is 5.76 Å². The fourth-order valence-electron chi connectivity index (χ4n) is 1.19. The molecule has 2 N–H and O–H groups in total. The summed E-state index contributed by atoms with van der Waals surface area (Å²) >= 11 is 5.63. The quantitative estimate of drug-likeness (QED) is 0.794. The van der Waals surface area contributed by atoms with Gasteiger partial charge in [0.05, 0.1) is 13.2 Å². The van der Waals surface area contributed by atoms with Gasteiger partial charge in [-0.05, 0) is 29.7 Å². The zero-order valence-corrected chi connectivity index (χ0v) is 9.21. The Morgan fingerprint density at radius 2 is 2.21 bits per heavy atom. The molecular weight excluding hydrogens is 202 g/mol. The Labute approximate surface area is 89.1 Å². The van der Waals surface area contributed by atoms with Gasteiger partial charge in [0.2, 0.25) is 0 Å². The normalized spacial score (nSPS) is 13.5. The molecule has 0 spiro atoms. The summed E-state index contributed by atoms with van der Waals surface area (Å²) in [6.45, 7) is 4.84. The van der Waals surface area contributed by atoms with Gasteiger partial charge in [0.15, 0.2) is 5.22 Å². The monoisotopic (exact) mass is 217 g/mol. The molecule has 0 saturated heterocycles. The van der Waals surface area contributed by atoms with E-state index in [0.29, 0.717) is 17.7 Å². The summed E-state index contributed by atoms with van der Waals surface area (Å²) in [4.78, 5) is 0. The largest absolute Gasteiger partial charge is 0.448 e. The highest BCUT2D eigenvalue weighted by molar-refractivity contribution is 6.28. The highest BCUT2D eigenvalue weighted by Gasteiger charge is 2.11. The number of furan rings is 1. The SMILES string of the molecule is CC(C)[C@@H](CO)NCc1ccc(Cl)o1. The zero-order valence-electron chi connectivity index (χ0n) is 8.46. The van der Waals surface area contributed by atoms with Crippen LogP contribution in [0.4, 0.5) is 0 Å². The first-order valence-corrected chi connectivity index (χ1v) is 5.09. The number of hydrogen-bond donors (Lipinski definition) is 2. The van der Waals surface area contributed by atoms with Crippen LogP contribution in [0.2, 0.25) is 5.22 Å². The summed E-state index contributed by atoms with van der Waals surface area (Å²) in [6.07, 6.45) is 0. The predicted octanol–water partition coefficient (Wildman–Crippen LogP) is 2.04. The van der Waals surface area contributed by atoms with Crippen molar-refractivity contribution in [2.45, 2.75) is 26.4 Å². The van der Waals surface area contributed by atoms with E-state index in [1.54, 1.807) is 6.07 Å². The Morgan fingerprint density at radius 3 is 2.64 bits per heavy atom. The van der Waals surface area contributed by atoms with Gasteiger partial charge in [-0.25, -0.2) is 0 Å². The second-order valence-corrected chi connectivity index (χ2v) is 3.99. The van der Waals surface area contributed by atoms with E-state index in [0.717, 1.165) is 5.76 Å². The van der Waals surface area contributed by atoms with Crippen molar-refractivity contribution in [1.29, 1.82) is 0 Å². The van der Waals surface area contributed by atoms with Crippen molar-refractivity contribution in [3.63, 3.8) is 0 Å². The summed E-state index contributed by atoms with van der Waals surface area (Å²) in [6, 6.07) is 3.63. The maximum atomic E-state index is 9.06. The first-order chi connectivity index (χ1) is 6.63. The number of hydrogen-bond acceptors (Lipinski definition) is 3. The van der Waals surface area contributed by atoms with Gasteiger partial charge in [-0.3, -0.25) is 0 Å². The van der Waals surface area contributed by atoms with Gasteiger partial charge in [-0.2, -0.15) is 0 Å². The molecule has 0 saturated carbocycles. The van der Waals surface area contributed by atoms with Crippen LogP contribution in [-0.4, -0.2) is 17.8 Å². The van der Waals surface area contributed by atoms with Crippen LogP contribution in [-0.2, 0) is 6.54 Å². The third-order valence-corrected chi connectivity index (χ3v) is 2.37. The summed E-state index contributed by atoms with van der Waals surface area (Å²) in [5, 5.41) is 12.7. The lowest BCUT2D eigenvalue weighted by molar-refractivity contribution is 0.207. The van der Waals surface area contributed by atoms with Crippen LogP contribution in [0.5, 0.6) is 0 Å². The van der Waals surface area contributed by atoms with Gasteiger partial charge in [-0.15, -0.1) is 0 Å². The number of aliphatic hydroxyl groups is 1. The minimum Gasteiger partial charge on any atom is -0.448 e. The molecule has 0 amide bonds. The average molecular weight is 218 g/mol. The van der Waals surface area contributed by atoms with Crippen LogP contribution >= 0.6 is 11.6 Å². The second-order valence-electron chi connectivity index (χ2n) is 3.62. The Balaban J connectivity index is 2.39. The van der Waals surface area contributed by atoms with E-state index in [1.165, 1.54) is 0 Å². The Kier molecular flexibility index (Phi) is 4.45. The highest BCUT2D eigenvalue weighted by atomic mass is 35.5. The molecular formula is C10H16ClNO2. The van der Waals surface area contributed by atoms with Gasteiger partial charge in [0, 0.05) is 6.04 Å². The smallest absolute Gasteiger partial charge is 0.193 e. The Bertz CT molecular complexity index is 273. The second kappa shape index (κ2) is 5.39. The molecule has 0 fully saturated rings. The van der Waals surface area contributed by atoms with Crippen LogP contribution < -0.4 is 5.32 Å². The lowest BCUT2D eigenvalue weighted by atomic mass is 10.1. The third kappa shape index (κ3) is 3.33. The zero-order chi connectivity index (χ0) is 10.6. The Morgan fingerprint density at radius 1 is 1.50 bits per heavy atom. The van der Waals surface area contributed by atoms with E-state index >= 15 is 0 Å². The van der Waals surface area contributed by atoms with E-state index in [1.807, 2.05) is 6.07 Å². The van der Waals surface area contributed by atoms with Gasteiger partial charge >= 0.3 is 0 Å². The molecule has 1 atom stereocenters. The summed E-state index contributed by atoms with van der Waals surface area (Å²) in [7, 11) is 0. The number of aliphatic hydroxyl groups excluding tert-OH is 1. The molecule has 1 heterocycles. The van der Waals surface area contributed by atoms with Gasteiger partial charge < -0.3 is 14.8 Å². The molecule has 0 unspecified atom stereocenters. The van der Waals surface area contributed by atoms with Crippen molar-refractivity contribution < 1.29 is 9.52 Å². The van der Waals surface area contributed by atoms with Crippen molar-refractivity contribution in [3.8, 4) is 0 Å². The minimum absolute atomic E-state index is 0.0962. The van der Waals surface area contributed by atoms with Crippen LogP contribution in [0.25, 0.3) is 0 Å². The molecule has 4 heteroatoms. The van der Waals surface area contributed by atoms with E-state index in [2.05, 4.69) is 19.2 Å². The van der Waals surface area contributed by atoms with Crippen LogP contribution in [0.3, 0.4) is 0 Å². The molecule has 0 bridgehead atoms. The Hall–Kier alpha value is -0.510. The third-order valence-electron chi connectivity index (χ3n) is 2.17. The maximum Gasteiger partial charge on any atom is 0.193 e. The fourth-order valence-corrected chi connectivity index (χ4v) is 1.35. The molecule has 0 aliphatic rings. The van der Waals surface area contributed by atoms with E-state index < -0.39 is 0 Å². The molecule has 0 aliphatic carbocycles. The fraction of sp³-hybridized carbons (Fsp3) is 0.600. The van der Waals surface area contributed by atoms with Crippen molar-refractivity contribution in [1.82, 2.24) is 5.32 Å². The van der Waals surface area contributed by atoms with Gasteiger partial charge in [-0.1, -0.05) is 13.8 Å². The molecule has 1 rings (SSSR count). The lowest BCUT2D eigenvalue weighted by Crippen LogP contribution is -2.36. The summed E-state index contributed by atoms with van der Waals surface area (Å²) in [5.41, 5.74) is 0. The lowest BCUT2D eigenvalue weighted by Gasteiger charge is -2.18. The molecule has 0 radical (unpaired) electrons.